The van der Waals surface area contributed by atoms with Crippen molar-refractivity contribution < 1.29 is 0 Å². The molecule has 0 amide bonds. The monoisotopic (exact) mass is 314 g/mol. The van der Waals surface area contributed by atoms with Crippen LogP contribution >= 0.6 is 0 Å². The van der Waals surface area contributed by atoms with E-state index in [1.165, 1.54) is 37.8 Å². The zero-order valence-corrected chi connectivity index (χ0v) is 14.5. The molecule has 2 atom stereocenters. The second-order valence-electron chi connectivity index (χ2n) is 7.00. The Kier molecular flexibility index (Phi) is 5.55. The van der Waals surface area contributed by atoms with Gasteiger partial charge in [-0.1, -0.05) is 30.3 Å². The van der Waals surface area contributed by atoms with E-state index in [0.717, 1.165) is 31.5 Å². The molecule has 2 saturated heterocycles. The molecule has 1 N–H and O–H groups in total. The summed E-state index contributed by atoms with van der Waals surface area (Å²) in [7, 11) is 4.14. The summed E-state index contributed by atoms with van der Waals surface area (Å²) in [6.45, 7) is 4.49. The molecular weight excluding hydrogens is 284 g/mol. The molecule has 126 valence electrons. The highest BCUT2D eigenvalue weighted by Gasteiger charge is 2.26. The van der Waals surface area contributed by atoms with Gasteiger partial charge in [0.25, 0.3) is 0 Å². The first-order chi connectivity index (χ1) is 11.3. The highest BCUT2D eigenvalue weighted by atomic mass is 15.3. The number of hydrogen-bond acceptors (Lipinski definition) is 2. The van der Waals surface area contributed by atoms with Crippen molar-refractivity contribution in [2.24, 2.45) is 10.9 Å². The van der Waals surface area contributed by atoms with Crippen molar-refractivity contribution in [1.82, 2.24) is 15.1 Å². The van der Waals surface area contributed by atoms with E-state index in [0.29, 0.717) is 6.04 Å². The van der Waals surface area contributed by atoms with Crippen LogP contribution in [0, 0.1) is 5.92 Å². The average Bonchev–Trinajstić information content (AvgIpc) is 3.19. The average molecular weight is 314 g/mol. The van der Waals surface area contributed by atoms with Crippen molar-refractivity contribution in [2.75, 3.05) is 40.3 Å². The standard InChI is InChI=1S/C19H30N4/c1-20-19(21-14-18-9-6-11-22(18)2)23-12-10-17(15-23)13-16-7-4-3-5-8-16/h3-5,7-8,17-18H,6,9-15H2,1-2H3,(H,20,21). The summed E-state index contributed by atoms with van der Waals surface area (Å²) in [5.41, 5.74) is 1.45. The molecule has 3 rings (SSSR count). The van der Waals surface area contributed by atoms with E-state index in [-0.39, 0.29) is 0 Å². The Hall–Kier alpha value is -1.55. The highest BCUT2D eigenvalue weighted by molar-refractivity contribution is 5.80. The van der Waals surface area contributed by atoms with E-state index >= 15 is 0 Å². The third kappa shape index (κ3) is 4.25. The first-order valence-electron chi connectivity index (χ1n) is 8.96. The number of nitrogens with one attached hydrogen (secondary N) is 1. The minimum Gasteiger partial charge on any atom is -0.355 e. The van der Waals surface area contributed by atoms with Gasteiger partial charge in [-0.05, 0) is 50.8 Å². The number of aliphatic imine (C=N–C) groups is 1. The number of benzene rings is 1. The van der Waals surface area contributed by atoms with E-state index in [4.69, 9.17) is 0 Å². The number of likely N-dealkylation sites (tertiary alicyclic amines) is 2. The maximum absolute atomic E-state index is 4.51. The lowest BCUT2D eigenvalue weighted by Gasteiger charge is -2.25. The molecule has 2 aliphatic rings. The molecule has 0 aromatic heterocycles. The summed E-state index contributed by atoms with van der Waals surface area (Å²) in [5, 5.41) is 3.60. The minimum absolute atomic E-state index is 0.662. The summed E-state index contributed by atoms with van der Waals surface area (Å²) in [5.74, 6) is 1.82. The SMILES string of the molecule is CN=C(NCC1CCCN1C)N1CCC(Cc2ccccc2)C1. The summed E-state index contributed by atoms with van der Waals surface area (Å²) >= 11 is 0. The van der Waals surface area contributed by atoms with Crippen LogP contribution in [-0.2, 0) is 6.42 Å². The van der Waals surface area contributed by atoms with E-state index in [1.54, 1.807) is 0 Å². The molecule has 1 aromatic rings. The van der Waals surface area contributed by atoms with Gasteiger partial charge in [-0.15, -0.1) is 0 Å². The molecule has 0 spiro atoms. The second-order valence-corrected chi connectivity index (χ2v) is 7.00. The fourth-order valence-electron chi connectivity index (χ4n) is 3.92. The maximum atomic E-state index is 4.51. The van der Waals surface area contributed by atoms with Gasteiger partial charge in [-0.25, -0.2) is 0 Å². The van der Waals surface area contributed by atoms with Gasteiger partial charge in [-0.3, -0.25) is 4.99 Å². The topological polar surface area (TPSA) is 30.9 Å². The molecule has 0 saturated carbocycles. The van der Waals surface area contributed by atoms with Crippen molar-refractivity contribution >= 4 is 5.96 Å². The first-order valence-corrected chi connectivity index (χ1v) is 8.96. The van der Waals surface area contributed by atoms with Gasteiger partial charge >= 0.3 is 0 Å². The van der Waals surface area contributed by atoms with Gasteiger partial charge in [0.2, 0.25) is 0 Å². The van der Waals surface area contributed by atoms with Crippen molar-refractivity contribution in [1.29, 1.82) is 0 Å². The number of hydrogen-bond donors (Lipinski definition) is 1. The molecular formula is C19H30N4. The quantitative estimate of drug-likeness (QED) is 0.683. The lowest BCUT2D eigenvalue weighted by Crippen LogP contribution is -2.45. The number of nitrogens with zero attached hydrogens (tertiary/aromatic N) is 3. The van der Waals surface area contributed by atoms with Crippen LogP contribution in [-0.4, -0.2) is 62.1 Å². The van der Waals surface area contributed by atoms with Gasteiger partial charge < -0.3 is 15.1 Å². The van der Waals surface area contributed by atoms with Gasteiger partial charge in [-0.2, -0.15) is 0 Å². The third-order valence-corrected chi connectivity index (χ3v) is 5.33. The minimum atomic E-state index is 0.662. The van der Waals surface area contributed by atoms with Crippen LogP contribution in [0.25, 0.3) is 0 Å². The number of likely N-dealkylation sites (N-methyl/N-ethyl adjacent to an activating group) is 1. The van der Waals surface area contributed by atoms with Crippen LogP contribution in [0.5, 0.6) is 0 Å². The Morgan fingerprint density at radius 1 is 1.22 bits per heavy atom. The summed E-state index contributed by atoms with van der Waals surface area (Å²) in [4.78, 5) is 9.40. The normalized spacial score (nSPS) is 26.0. The maximum Gasteiger partial charge on any atom is 0.193 e. The van der Waals surface area contributed by atoms with Crippen molar-refractivity contribution in [3.8, 4) is 0 Å². The fraction of sp³-hybridized carbons (Fsp3) is 0.632. The van der Waals surface area contributed by atoms with Gasteiger partial charge in [0.1, 0.15) is 0 Å². The van der Waals surface area contributed by atoms with E-state index in [1.807, 2.05) is 7.05 Å². The molecule has 2 heterocycles. The van der Waals surface area contributed by atoms with Gasteiger partial charge in [0.05, 0.1) is 0 Å². The molecule has 1 aromatic carbocycles. The van der Waals surface area contributed by atoms with E-state index in [2.05, 4.69) is 57.5 Å². The molecule has 4 nitrogen and oxygen atoms in total. The van der Waals surface area contributed by atoms with Crippen LogP contribution in [0.15, 0.2) is 35.3 Å². The lowest BCUT2D eigenvalue weighted by molar-refractivity contribution is 0.306. The molecule has 4 heteroatoms. The Labute approximate surface area is 140 Å². The zero-order chi connectivity index (χ0) is 16.1. The zero-order valence-electron chi connectivity index (χ0n) is 14.5. The van der Waals surface area contributed by atoms with Gasteiger partial charge in [0, 0.05) is 32.7 Å². The summed E-state index contributed by atoms with van der Waals surface area (Å²) < 4.78 is 0. The van der Waals surface area contributed by atoms with Crippen molar-refractivity contribution in [2.45, 2.75) is 31.7 Å². The second kappa shape index (κ2) is 7.82. The Bertz CT molecular complexity index is 513. The third-order valence-electron chi connectivity index (χ3n) is 5.33. The fourth-order valence-corrected chi connectivity index (χ4v) is 3.92. The molecule has 23 heavy (non-hydrogen) atoms. The highest BCUT2D eigenvalue weighted by Crippen LogP contribution is 2.21. The van der Waals surface area contributed by atoms with Crippen LogP contribution in [0.4, 0.5) is 0 Å². The lowest BCUT2D eigenvalue weighted by atomic mass is 9.99. The Balaban J connectivity index is 1.48. The first kappa shape index (κ1) is 16.3. The van der Waals surface area contributed by atoms with Crippen LogP contribution in [0.3, 0.4) is 0 Å². The van der Waals surface area contributed by atoms with Crippen molar-refractivity contribution in [3.05, 3.63) is 35.9 Å². The predicted molar refractivity (Wildman–Crippen MR) is 96.8 cm³/mol. The van der Waals surface area contributed by atoms with E-state index in [9.17, 15) is 0 Å². The van der Waals surface area contributed by atoms with E-state index < -0.39 is 0 Å². The van der Waals surface area contributed by atoms with Crippen molar-refractivity contribution in [3.63, 3.8) is 0 Å². The Morgan fingerprint density at radius 3 is 2.74 bits per heavy atom. The molecule has 2 fully saturated rings. The molecule has 0 bridgehead atoms. The van der Waals surface area contributed by atoms with Crippen LogP contribution < -0.4 is 5.32 Å². The largest absolute Gasteiger partial charge is 0.355 e. The van der Waals surface area contributed by atoms with Crippen LogP contribution in [0.1, 0.15) is 24.8 Å². The molecule has 0 aliphatic carbocycles. The van der Waals surface area contributed by atoms with Crippen LogP contribution in [0.2, 0.25) is 0 Å². The number of guanidine groups is 1. The molecule has 2 aliphatic heterocycles. The Morgan fingerprint density at radius 2 is 2.04 bits per heavy atom. The summed E-state index contributed by atoms with van der Waals surface area (Å²) in [6, 6.07) is 11.5. The number of rotatable bonds is 4. The molecule has 0 radical (unpaired) electrons. The predicted octanol–water partition coefficient (Wildman–Crippen LogP) is 2.22. The smallest absolute Gasteiger partial charge is 0.193 e. The van der Waals surface area contributed by atoms with Gasteiger partial charge in [0.15, 0.2) is 5.96 Å². The summed E-state index contributed by atoms with van der Waals surface area (Å²) in [6.07, 6.45) is 5.07. The molecule has 2 unspecified atom stereocenters.